The molecular formula is C57H62FN7O17S. The number of halogens is 1. The van der Waals surface area contributed by atoms with E-state index in [4.69, 9.17) is 48.7 Å². The van der Waals surface area contributed by atoms with Crippen molar-refractivity contribution < 1.29 is 81.6 Å². The number of nitrogens with zero attached hydrogens (tertiary/aromatic N) is 5. The Balaban J connectivity index is 0.797. The highest BCUT2D eigenvalue weighted by Crippen LogP contribution is 2.46. The van der Waals surface area contributed by atoms with E-state index in [1.807, 2.05) is 13.0 Å². The number of fused-ring (bicyclic) bond motifs is 6. The van der Waals surface area contributed by atoms with Crippen molar-refractivity contribution in [2.24, 2.45) is 15.9 Å². The number of aromatic nitrogens is 2. The number of aryl methyl sites for hydroxylation is 1. The fourth-order valence-corrected chi connectivity index (χ4v) is 12.0. The van der Waals surface area contributed by atoms with Gasteiger partial charge in [0.1, 0.15) is 36.6 Å². The normalized spacial score (nSPS) is 21.0. The Hall–Kier alpha value is -7.56. The molecule has 6 atom stereocenters. The quantitative estimate of drug-likeness (QED) is 0.0134. The van der Waals surface area contributed by atoms with E-state index in [-0.39, 0.29) is 95.4 Å². The largest absolute Gasteiger partial charge is 0.479 e. The molecule has 0 spiro atoms. The average molecular weight is 1170 g/mol. The van der Waals surface area contributed by atoms with Crippen molar-refractivity contribution >= 4 is 74.1 Å². The topological polar surface area (TPSA) is 321 Å². The van der Waals surface area contributed by atoms with Gasteiger partial charge in [0.2, 0.25) is 6.29 Å². The molecule has 24 nitrogen and oxygen atoms in total. The van der Waals surface area contributed by atoms with Crippen LogP contribution in [0.15, 0.2) is 57.4 Å². The third-order valence-corrected chi connectivity index (χ3v) is 16.3. The first-order valence-electron chi connectivity index (χ1n) is 27.2. The van der Waals surface area contributed by atoms with Crippen molar-refractivity contribution in [2.75, 3.05) is 59.4 Å². The zero-order valence-electron chi connectivity index (χ0n) is 45.5. The number of aliphatic hydroxyl groups is 2. The summed E-state index contributed by atoms with van der Waals surface area (Å²) < 4.78 is 63.0. The molecule has 7 heterocycles. The number of aliphatic carboxylic acids is 1. The number of hydrogen-bond donors (Lipinski definition) is 5. The number of rotatable bonds is 25. The van der Waals surface area contributed by atoms with Crippen LogP contribution in [-0.2, 0) is 85.1 Å². The Labute approximate surface area is 477 Å². The van der Waals surface area contributed by atoms with Crippen LogP contribution in [0, 0.1) is 12.7 Å². The van der Waals surface area contributed by atoms with Gasteiger partial charge in [-0.3, -0.25) is 29.1 Å². The number of hydrazone groups is 1. The van der Waals surface area contributed by atoms with Crippen molar-refractivity contribution in [1.82, 2.24) is 19.8 Å². The van der Waals surface area contributed by atoms with E-state index < -0.39 is 60.4 Å². The number of imide groups is 1. The predicted octanol–water partition coefficient (Wildman–Crippen LogP) is 4.12. The summed E-state index contributed by atoms with van der Waals surface area (Å²) >= 11 is 1.30. The standard InChI is InChI=1S/C57H62FN7O17S/c1-3-4-34-35-20-42-50-37(25-65(42)53(70)38(35)28-79-55(34)73)49-40(7-6-33-29(2)39(58)21-41(61-50)48(33)49)62-57(74)80-26-30-5-8-44(81-56-51(69)43(66)22-45(82-56)54(71)72)36-19-32(83-52(30)36)24-60-23-31(63-59)27-78-18-17-77-16-15-76-14-13-75-12-11-64-46(67)9-10-47(64)68/h5,8-10,19-21,23,34,40,43,45,51,56,66,69H,3-4,6-7,11-18,22,24-28,59H2,1-2H3,(H,62,74)(H,71,72)/t34-,40?,43-,45-,51+,56+/m0/s1. The van der Waals surface area contributed by atoms with Crippen molar-refractivity contribution in [3.63, 3.8) is 0 Å². The van der Waals surface area contributed by atoms with Crippen LogP contribution < -0.4 is 21.5 Å². The number of thiophene rings is 1. The molecule has 26 heteroatoms. The van der Waals surface area contributed by atoms with Crippen LogP contribution in [0.3, 0.4) is 0 Å². The van der Waals surface area contributed by atoms with E-state index in [2.05, 4.69) is 15.4 Å². The van der Waals surface area contributed by atoms with Gasteiger partial charge in [-0.05, 0) is 66.6 Å². The molecule has 0 radical (unpaired) electrons. The van der Waals surface area contributed by atoms with Gasteiger partial charge in [-0.1, -0.05) is 19.4 Å². The Morgan fingerprint density at radius 2 is 1.71 bits per heavy atom. The Morgan fingerprint density at radius 3 is 2.43 bits per heavy atom. The maximum atomic E-state index is 15.6. The first-order chi connectivity index (χ1) is 40.1. The molecule has 1 unspecified atom stereocenters. The first-order valence-corrected chi connectivity index (χ1v) is 28.0. The Bertz CT molecular complexity index is 3490. The summed E-state index contributed by atoms with van der Waals surface area (Å²) in [5.41, 5.74) is 5.53. The fraction of sp³-hybridized carbons (Fsp3) is 0.456. The number of carbonyl (C=O) groups excluding carboxylic acids is 4. The van der Waals surface area contributed by atoms with Gasteiger partial charge in [0.15, 0.2) is 6.10 Å². The SMILES string of the molecule is CCC[C@@H]1C(=O)OCc2c1cc1n(c2=O)Cc2c-1nc1cc(F)c(C)c3c1c2C(NC(=O)OCc1ccc(O[C@@H]2O[C@H](C(=O)O)C[C@H](O)[C@H]2O)c2cc(CN=CC(COCCOCCOCCOCCN4C(=O)C=CC4=O)=NN)sc12)CC3. The summed E-state index contributed by atoms with van der Waals surface area (Å²) in [6.07, 6.45) is -1.29. The first kappa shape index (κ1) is 58.6. The summed E-state index contributed by atoms with van der Waals surface area (Å²) in [6.45, 7) is 5.58. The lowest BCUT2D eigenvalue weighted by molar-refractivity contribution is -0.237. The number of carboxylic acid groups (broad SMARTS) is 1. The number of alkyl carbamates (subject to hydrolysis) is 1. The van der Waals surface area contributed by atoms with Crippen LogP contribution in [0.4, 0.5) is 9.18 Å². The number of ether oxygens (including phenoxy) is 8. The number of pyridine rings is 2. The number of nitrogens with one attached hydrogen (secondary N) is 1. The van der Waals surface area contributed by atoms with Crippen LogP contribution in [0.2, 0.25) is 0 Å². The van der Waals surface area contributed by atoms with Gasteiger partial charge < -0.3 is 68.9 Å². The lowest BCUT2D eigenvalue weighted by atomic mass is 9.81. The molecule has 1 aliphatic carbocycles. The molecule has 4 aliphatic heterocycles. The number of cyclic esters (lactones) is 1. The molecule has 1 fully saturated rings. The molecule has 5 aliphatic rings. The highest BCUT2D eigenvalue weighted by Gasteiger charge is 2.42. The number of hydrogen-bond acceptors (Lipinski definition) is 21. The second kappa shape index (κ2) is 25.9. The van der Waals surface area contributed by atoms with Crippen LogP contribution in [0.1, 0.15) is 88.4 Å². The lowest BCUT2D eigenvalue weighted by Crippen LogP contribution is -2.52. The molecule has 6 N–H and O–H groups in total. The number of aliphatic hydroxyl groups excluding tert-OH is 2. The van der Waals surface area contributed by atoms with E-state index in [0.717, 1.165) is 10.5 Å². The number of amides is 3. The van der Waals surface area contributed by atoms with Crippen molar-refractivity contribution in [2.45, 2.75) is 109 Å². The molecule has 1 saturated heterocycles. The molecule has 3 amide bonds. The number of carboxylic acids is 1. The molecule has 440 valence electrons. The Morgan fingerprint density at radius 1 is 0.976 bits per heavy atom. The highest BCUT2D eigenvalue weighted by atomic mass is 32.1. The van der Waals surface area contributed by atoms with Crippen molar-refractivity contribution in [3.8, 4) is 17.1 Å². The van der Waals surface area contributed by atoms with Gasteiger partial charge in [-0.2, -0.15) is 5.10 Å². The summed E-state index contributed by atoms with van der Waals surface area (Å²) in [4.78, 5) is 87.6. The third-order valence-electron chi connectivity index (χ3n) is 15.1. The van der Waals surface area contributed by atoms with Gasteiger partial charge in [0.25, 0.3) is 17.4 Å². The summed E-state index contributed by atoms with van der Waals surface area (Å²) in [5, 5.41) is 39.1. The highest BCUT2D eigenvalue weighted by molar-refractivity contribution is 7.19. The maximum absolute atomic E-state index is 15.6. The molecule has 0 saturated carbocycles. The average Bonchev–Trinajstić information content (AvgIpc) is 2.24. The van der Waals surface area contributed by atoms with E-state index >= 15 is 4.39 Å². The minimum Gasteiger partial charge on any atom is -0.479 e. The van der Waals surface area contributed by atoms with Gasteiger partial charge >= 0.3 is 18.0 Å². The van der Waals surface area contributed by atoms with E-state index in [0.29, 0.717) is 122 Å². The van der Waals surface area contributed by atoms with Gasteiger partial charge in [0, 0.05) is 62.3 Å². The molecule has 2 aromatic carbocycles. The number of benzene rings is 2. The van der Waals surface area contributed by atoms with Crippen LogP contribution in [0.25, 0.3) is 32.4 Å². The van der Waals surface area contributed by atoms with Crippen molar-refractivity contribution in [1.29, 1.82) is 0 Å². The molecule has 3 aromatic heterocycles. The summed E-state index contributed by atoms with van der Waals surface area (Å²) in [6, 6.07) is 7.54. The van der Waals surface area contributed by atoms with Crippen LogP contribution >= 0.6 is 11.3 Å². The maximum Gasteiger partial charge on any atom is 0.407 e. The second-order valence-corrected chi connectivity index (χ2v) is 21.5. The fourth-order valence-electron chi connectivity index (χ4n) is 10.9. The second-order valence-electron chi connectivity index (χ2n) is 20.4. The number of esters is 1. The third kappa shape index (κ3) is 12.5. The minimum absolute atomic E-state index is 0.0245. The Kier molecular flexibility index (Phi) is 18.3. The van der Waals surface area contributed by atoms with Gasteiger partial charge in [0.05, 0.1) is 113 Å². The van der Waals surface area contributed by atoms with E-state index in [1.165, 1.54) is 35.8 Å². The number of aliphatic imine (C=N–C) groups is 1. The summed E-state index contributed by atoms with van der Waals surface area (Å²) in [7, 11) is 0. The number of carbonyl (C=O) groups is 5. The van der Waals surface area contributed by atoms with Crippen molar-refractivity contribution in [3.05, 3.63) is 102 Å². The molecule has 10 rings (SSSR count). The zero-order chi connectivity index (χ0) is 58.5. The van der Waals surface area contributed by atoms with E-state index in [1.54, 1.807) is 29.7 Å². The van der Waals surface area contributed by atoms with Crippen LogP contribution in [0.5, 0.6) is 5.75 Å². The van der Waals surface area contributed by atoms with Gasteiger partial charge in [-0.15, -0.1) is 11.3 Å². The monoisotopic (exact) mass is 1170 g/mol. The molecule has 5 aromatic rings. The molecule has 0 bridgehead atoms. The minimum atomic E-state index is -1.58. The zero-order valence-corrected chi connectivity index (χ0v) is 46.3. The molecule has 83 heavy (non-hydrogen) atoms. The van der Waals surface area contributed by atoms with Gasteiger partial charge in [-0.25, -0.2) is 19.0 Å². The van der Waals surface area contributed by atoms with E-state index in [9.17, 15) is 44.1 Å². The smallest absolute Gasteiger partial charge is 0.407 e. The molecular weight excluding hydrogens is 1110 g/mol. The lowest BCUT2D eigenvalue weighted by Gasteiger charge is -2.35. The van der Waals surface area contributed by atoms with Crippen LogP contribution in [-0.4, -0.2) is 156 Å². The predicted molar refractivity (Wildman–Crippen MR) is 295 cm³/mol. The summed E-state index contributed by atoms with van der Waals surface area (Å²) in [5.74, 6) is 2.34. The number of nitrogens with two attached hydrogens (primary N) is 1.